The molecule has 0 bridgehead atoms. The van der Waals surface area contributed by atoms with Crippen molar-refractivity contribution in [2.24, 2.45) is 5.92 Å². The van der Waals surface area contributed by atoms with Crippen LogP contribution in [0.1, 0.15) is 46.8 Å². The van der Waals surface area contributed by atoms with Crippen LogP contribution >= 0.6 is 0 Å². The molecular weight excluding hydrogens is 495 g/mol. The Kier molecular flexibility index (Phi) is 7.59. The van der Waals surface area contributed by atoms with Gasteiger partial charge in [0.25, 0.3) is 17.7 Å². The lowest BCUT2D eigenvalue weighted by molar-refractivity contribution is -0.114. The number of anilines is 1. The summed E-state index contributed by atoms with van der Waals surface area (Å²) in [6.07, 6.45) is 0.891. The molecule has 1 fully saturated rings. The lowest BCUT2D eigenvalue weighted by Crippen LogP contribution is -2.31. The van der Waals surface area contributed by atoms with Crippen molar-refractivity contribution < 1.29 is 28.0 Å². The summed E-state index contributed by atoms with van der Waals surface area (Å²) < 4.78 is 43.4. The summed E-state index contributed by atoms with van der Waals surface area (Å²) in [6.45, 7) is 5.14. The number of hydrogen-bond acceptors (Lipinski definition) is 4. The Labute approximate surface area is 218 Å². The number of halogens is 3. The highest BCUT2D eigenvalue weighted by Crippen LogP contribution is 2.49. The molecule has 1 aliphatic rings. The van der Waals surface area contributed by atoms with Gasteiger partial charge in [-0.2, -0.15) is 0 Å². The summed E-state index contributed by atoms with van der Waals surface area (Å²) >= 11 is 0. The van der Waals surface area contributed by atoms with Crippen LogP contribution in [0.15, 0.2) is 72.1 Å². The molecule has 0 aliphatic heterocycles. The molecule has 4 rings (SSSR count). The van der Waals surface area contributed by atoms with Gasteiger partial charge in [-0.3, -0.25) is 20.3 Å². The van der Waals surface area contributed by atoms with E-state index in [1.807, 2.05) is 32.0 Å². The van der Waals surface area contributed by atoms with Crippen molar-refractivity contribution >= 4 is 17.5 Å². The molecule has 1 aliphatic carbocycles. The number of allylic oxidation sites excluding steroid dienone is 1. The van der Waals surface area contributed by atoms with Crippen LogP contribution in [0.4, 0.5) is 18.9 Å². The number of nitrogens with one attached hydrogen (secondary N) is 3. The number of aryl methyl sites for hydroxylation is 2. The van der Waals surface area contributed by atoms with Crippen LogP contribution in [-0.2, 0) is 10.7 Å². The van der Waals surface area contributed by atoms with E-state index >= 15 is 0 Å². The first-order valence-corrected chi connectivity index (χ1v) is 12.1. The second-order valence-electron chi connectivity index (χ2n) is 9.49. The molecule has 0 heterocycles. The van der Waals surface area contributed by atoms with Gasteiger partial charge in [-0.25, -0.2) is 13.2 Å². The summed E-state index contributed by atoms with van der Waals surface area (Å²) in [7, 11) is 0. The van der Waals surface area contributed by atoms with Crippen molar-refractivity contribution in [1.29, 1.82) is 0 Å². The second-order valence-corrected chi connectivity index (χ2v) is 9.49. The molecule has 4 N–H and O–H groups in total. The van der Waals surface area contributed by atoms with Crippen molar-refractivity contribution in [3.8, 4) is 11.1 Å². The minimum atomic E-state index is -3.00. The van der Waals surface area contributed by atoms with E-state index in [1.54, 1.807) is 11.5 Å². The molecule has 3 aromatic rings. The van der Waals surface area contributed by atoms with Crippen molar-refractivity contribution in [2.75, 3.05) is 5.32 Å². The van der Waals surface area contributed by atoms with E-state index in [4.69, 9.17) is 0 Å². The first-order chi connectivity index (χ1) is 18.0. The summed E-state index contributed by atoms with van der Waals surface area (Å²) in [5, 5.41) is 14.5. The molecule has 6 nitrogen and oxygen atoms in total. The fourth-order valence-electron chi connectivity index (χ4n) is 4.42. The number of carbonyl (C=O) groups is 2. The third-order valence-corrected chi connectivity index (χ3v) is 6.54. The molecule has 198 valence electrons. The van der Waals surface area contributed by atoms with Gasteiger partial charge in [0, 0.05) is 28.4 Å². The van der Waals surface area contributed by atoms with Crippen molar-refractivity contribution in [1.82, 2.24) is 10.8 Å². The maximum absolute atomic E-state index is 14.5. The number of rotatable bonds is 8. The standard InChI is InChI=1S/C29H28F3N3O3/c1-16-6-4-7-17(2)25(16)19-12-20(14-23(30)13-19)27(36)33-18(3)26(35-38)28(37)34-24-9-5-8-22(15-24)29(31,32)21-10-11-21/h4-9,12-15,21,35,38H,10-11H2,1-3H3,(H,33,36)(H,34,37)/b26-18-. The Bertz CT molecular complexity index is 1410. The van der Waals surface area contributed by atoms with Crippen molar-refractivity contribution in [2.45, 2.75) is 39.5 Å². The van der Waals surface area contributed by atoms with Crippen LogP contribution in [0.2, 0.25) is 0 Å². The second kappa shape index (κ2) is 10.7. The Hall–Kier alpha value is -4.11. The van der Waals surface area contributed by atoms with Gasteiger partial charge in [0.1, 0.15) is 11.5 Å². The van der Waals surface area contributed by atoms with Gasteiger partial charge < -0.3 is 10.6 Å². The number of amides is 2. The van der Waals surface area contributed by atoms with Crippen LogP contribution in [0.5, 0.6) is 0 Å². The van der Waals surface area contributed by atoms with Gasteiger partial charge in [0.2, 0.25) is 0 Å². The first kappa shape index (κ1) is 26.9. The molecular formula is C29H28F3N3O3. The zero-order chi connectivity index (χ0) is 27.6. The maximum atomic E-state index is 14.5. The van der Waals surface area contributed by atoms with Crippen LogP contribution in [0, 0.1) is 25.6 Å². The highest BCUT2D eigenvalue weighted by atomic mass is 19.3. The summed E-state index contributed by atoms with van der Waals surface area (Å²) in [4.78, 5) is 25.7. The summed E-state index contributed by atoms with van der Waals surface area (Å²) in [5.41, 5.74) is 4.33. The average molecular weight is 524 g/mol. The predicted molar refractivity (Wildman–Crippen MR) is 138 cm³/mol. The van der Waals surface area contributed by atoms with Gasteiger partial charge >= 0.3 is 0 Å². The smallest absolute Gasteiger partial charge is 0.276 e. The summed E-state index contributed by atoms with van der Waals surface area (Å²) in [5.74, 6) is -5.90. The van der Waals surface area contributed by atoms with Gasteiger partial charge in [-0.15, -0.1) is 0 Å². The van der Waals surface area contributed by atoms with E-state index in [2.05, 4.69) is 10.6 Å². The van der Waals surface area contributed by atoms with E-state index in [1.165, 1.54) is 37.3 Å². The number of alkyl halides is 2. The molecule has 0 saturated heterocycles. The molecule has 1 saturated carbocycles. The first-order valence-electron chi connectivity index (χ1n) is 12.1. The third kappa shape index (κ3) is 5.73. The minimum Gasteiger partial charge on any atom is -0.324 e. The molecule has 2 amide bonds. The Balaban J connectivity index is 1.54. The zero-order valence-corrected chi connectivity index (χ0v) is 21.2. The SMILES string of the molecule is C/C(NC(=O)c1cc(F)cc(-c2c(C)cccc2C)c1)=C(/NO)C(=O)Nc1cccc(C(F)(F)C2CC2)c1. The number of hydroxylamine groups is 1. The fourth-order valence-corrected chi connectivity index (χ4v) is 4.42. The van der Waals surface area contributed by atoms with Gasteiger partial charge in [-0.1, -0.05) is 30.3 Å². The molecule has 9 heteroatoms. The maximum Gasteiger partial charge on any atom is 0.276 e. The zero-order valence-electron chi connectivity index (χ0n) is 21.2. The summed E-state index contributed by atoms with van der Waals surface area (Å²) in [6, 6.07) is 14.9. The lowest BCUT2D eigenvalue weighted by Gasteiger charge is -2.17. The molecule has 0 radical (unpaired) electrons. The quantitative estimate of drug-likeness (QED) is 0.209. The highest BCUT2D eigenvalue weighted by Gasteiger charge is 2.47. The van der Waals surface area contributed by atoms with Crippen molar-refractivity contribution in [3.63, 3.8) is 0 Å². The van der Waals surface area contributed by atoms with E-state index in [-0.39, 0.29) is 22.5 Å². The Morgan fingerprint density at radius 2 is 1.63 bits per heavy atom. The van der Waals surface area contributed by atoms with Crippen LogP contribution in [0.3, 0.4) is 0 Å². The van der Waals surface area contributed by atoms with Gasteiger partial charge in [-0.05, 0) is 86.2 Å². The topological polar surface area (TPSA) is 90.5 Å². The molecule has 0 spiro atoms. The van der Waals surface area contributed by atoms with Crippen LogP contribution < -0.4 is 16.1 Å². The normalized spacial score (nSPS) is 14.0. The molecule has 38 heavy (non-hydrogen) atoms. The highest BCUT2D eigenvalue weighted by molar-refractivity contribution is 6.05. The molecule has 0 atom stereocenters. The average Bonchev–Trinajstić information content (AvgIpc) is 3.70. The molecule has 0 aromatic heterocycles. The number of carbonyl (C=O) groups excluding carboxylic acids is 2. The van der Waals surface area contributed by atoms with Crippen LogP contribution in [0.25, 0.3) is 11.1 Å². The van der Waals surface area contributed by atoms with E-state index in [0.29, 0.717) is 18.4 Å². The molecule has 3 aromatic carbocycles. The van der Waals surface area contributed by atoms with Crippen LogP contribution in [-0.4, -0.2) is 17.0 Å². The largest absolute Gasteiger partial charge is 0.324 e. The van der Waals surface area contributed by atoms with Gasteiger partial charge in [0.05, 0.1) is 0 Å². The Morgan fingerprint density at radius 1 is 0.974 bits per heavy atom. The van der Waals surface area contributed by atoms with E-state index in [0.717, 1.165) is 22.8 Å². The predicted octanol–water partition coefficient (Wildman–Crippen LogP) is 6.19. The minimum absolute atomic E-state index is 0.00899. The van der Waals surface area contributed by atoms with Gasteiger partial charge in [0.15, 0.2) is 0 Å². The monoisotopic (exact) mass is 523 g/mol. The van der Waals surface area contributed by atoms with E-state index in [9.17, 15) is 28.0 Å². The number of benzene rings is 3. The van der Waals surface area contributed by atoms with Crippen molar-refractivity contribution in [3.05, 3.63) is 100 Å². The fraction of sp³-hybridized carbons (Fsp3) is 0.241. The lowest BCUT2D eigenvalue weighted by atomic mass is 9.94. The third-order valence-electron chi connectivity index (χ3n) is 6.54. The molecule has 0 unspecified atom stereocenters. The van der Waals surface area contributed by atoms with E-state index < -0.39 is 35.2 Å². The number of hydrogen-bond donors (Lipinski definition) is 4. The Morgan fingerprint density at radius 3 is 2.26 bits per heavy atom.